The molecule has 0 radical (unpaired) electrons. The molecule has 4 nitrogen and oxygen atoms in total. The minimum atomic E-state index is -0.595. The van der Waals surface area contributed by atoms with Crippen LogP contribution < -0.4 is 4.74 Å². The van der Waals surface area contributed by atoms with E-state index in [9.17, 15) is 9.50 Å². The van der Waals surface area contributed by atoms with E-state index in [0.717, 1.165) is 23.4 Å². The first-order chi connectivity index (χ1) is 12.5. The third-order valence-corrected chi connectivity index (χ3v) is 4.60. The fourth-order valence-corrected chi connectivity index (χ4v) is 3.27. The zero-order valence-electron chi connectivity index (χ0n) is 15.7. The molecular formula is C21H27ClFNO3. The minimum absolute atomic E-state index is 0. The number of halogens is 2. The summed E-state index contributed by atoms with van der Waals surface area (Å²) < 4.78 is 25.0. The van der Waals surface area contributed by atoms with Crippen molar-refractivity contribution in [3.63, 3.8) is 0 Å². The molecule has 1 aliphatic heterocycles. The Kier molecular flexibility index (Phi) is 8.05. The number of hydrogen-bond donors (Lipinski definition) is 1. The topological polar surface area (TPSA) is 41.9 Å². The van der Waals surface area contributed by atoms with Gasteiger partial charge in [0.15, 0.2) is 0 Å². The van der Waals surface area contributed by atoms with Gasteiger partial charge in [0, 0.05) is 19.6 Å². The van der Waals surface area contributed by atoms with E-state index in [1.54, 1.807) is 6.07 Å². The molecule has 6 heteroatoms. The summed E-state index contributed by atoms with van der Waals surface area (Å²) in [5.74, 6) is 0.541. The van der Waals surface area contributed by atoms with Crippen LogP contribution >= 0.6 is 12.4 Å². The first-order valence-electron chi connectivity index (χ1n) is 8.99. The lowest BCUT2D eigenvalue weighted by Gasteiger charge is -2.34. The molecule has 0 amide bonds. The second-order valence-electron chi connectivity index (χ2n) is 6.91. The highest BCUT2D eigenvalue weighted by Gasteiger charge is 2.24. The highest BCUT2D eigenvalue weighted by atomic mass is 35.5. The molecule has 1 heterocycles. The zero-order chi connectivity index (χ0) is 18.5. The van der Waals surface area contributed by atoms with Crippen LogP contribution in [0, 0.1) is 19.7 Å². The summed E-state index contributed by atoms with van der Waals surface area (Å²) in [7, 11) is 0. The van der Waals surface area contributed by atoms with Crippen LogP contribution in [0.3, 0.4) is 0 Å². The van der Waals surface area contributed by atoms with E-state index >= 15 is 0 Å². The van der Waals surface area contributed by atoms with E-state index in [0.29, 0.717) is 19.7 Å². The molecule has 0 saturated carbocycles. The fourth-order valence-electron chi connectivity index (χ4n) is 3.27. The Balaban J connectivity index is 0.00000261. The summed E-state index contributed by atoms with van der Waals surface area (Å²) in [6.45, 7) is 6.72. The van der Waals surface area contributed by atoms with Crippen LogP contribution in [0.1, 0.15) is 22.8 Å². The standard InChI is InChI=1S/C21H26FNO3.ClH/c1-15-6-7-20(16(2)10-15)26-14-19(24)12-23-8-9-25-21(13-23)17-4-3-5-18(22)11-17;/h3-7,10-11,19,21,24H,8-9,12-14H2,1-2H3;1H. The quantitative estimate of drug-likeness (QED) is 0.810. The molecule has 2 unspecified atom stereocenters. The fraction of sp³-hybridized carbons (Fsp3) is 0.429. The van der Waals surface area contributed by atoms with Gasteiger partial charge in [0.2, 0.25) is 0 Å². The molecule has 148 valence electrons. The Bertz CT molecular complexity index is 743. The van der Waals surface area contributed by atoms with Crippen LogP contribution in [0.15, 0.2) is 42.5 Å². The lowest BCUT2D eigenvalue weighted by molar-refractivity contribution is -0.0460. The number of ether oxygens (including phenoxy) is 2. The van der Waals surface area contributed by atoms with Gasteiger partial charge in [-0.3, -0.25) is 4.90 Å². The van der Waals surface area contributed by atoms with E-state index in [1.807, 2.05) is 32.0 Å². The smallest absolute Gasteiger partial charge is 0.123 e. The molecule has 2 aromatic carbocycles. The summed E-state index contributed by atoms with van der Waals surface area (Å²) in [4.78, 5) is 2.13. The maximum atomic E-state index is 13.4. The Morgan fingerprint density at radius 1 is 1.26 bits per heavy atom. The van der Waals surface area contributed by atoms with Crippen LogP contribution in [0.5, 0.6) is 5.75 Å². The number of aliphatic hydroxyl groups is 1. The van der Waals surface area contributed by atoms with Gasteiger partial charge < -0.3 is 14.6 Å². The molecule has 1 fully saturated rings. The summed E-state index contributed by atoms with van der Waals surface area (Å²) in [6, 6.07) is 12.5. The highest BCUT2D eigenvalue weighted by Crippen LogP contribution is 2.23. The Morgan fingerprint density at radius 2 is 2.07 bits per heavy atom. The molecule has 2 aromatic rings. The van der Waals surface area contributed by atoms with E-state index < -0.39 is 6.10 Å². The third kappa shape index (κ3) is 6.18. The van der Waals surface area contributed by atoms with Crippen molar-refractivity contribution in [2.45, 2.75) is 26.1 Å². The van der Waals surface area contributed by atoms with Crippen molar-refractivity contribution < 1.29 is 19.0 Å². The van der Waals surface area contributed by atoms with Gasteiger partial charge in [-0.2, -0.15) is 0 Å². The number of rotatable bonds is 6. The molecule has 2 atom stereocenters. The number of benzene rings is 2. The van der Waals surface area contributed by atoms with E-state index in [1.165, 1.54) is 17.7 Å². The Labute approximate surface area is 166 Å². The lowest BCUT2D eigenvalue weighted by atomic mass is 10.1. The second-order valence-corrected chi connectivity index (χ2v) is 6.91. The van der Waals surface area contributed by atoms with Gasteiger partial charge in [-0.15, -0.1) is 12.4 Å². The van der Waals surface area contributed by atoms with Crippen LogP contribution in [0.25, 0.3) is 0 Å². The summed E-state index contributed by atoms with van der Waals surface area (Å²) in [5.41, 5.74) is 3.08. The van der Waals surface area contributed by atoms with Crippen LogP contribution in [0.4, 0.5) is 4.39 Å². The van der Waals surface area contributed by atoms with Crippen molar-refractivity contribution >= 4 is 12.4 Å². The molecule has 0 bridgehead atoms. The predicted octanol–water partition coefficient (Wildman–Crippen LogP) is 3.68. The van der Waals surface area contributed by atoms with Crippen molar-refractivity contribution in [1.82, 2.24) is 4.90 Å². The largest absolute Gasteiger partial charge is 0.491 e. The van der Waals surface area contributed by atoms with Crippen LogP contribution in [0.2, 0.25) is 0 Å². The number of β-amino-alcohol motifs (C(OH)–C–C–N with tert-alkyl or cyclic N) is 1. The van der Waals surface area contributed by atoms with Crippen molar-refractivity contribution in [2.75, 3.05) is 32.8 Å². The third-order valence-electron chi connectivity index (χ3n) is 4.60. The number of aryl methyl sites for hydroxylation is 2. The van der Waals surface area contributed by atoms with Gasteiger partial charge >= 0.3 is 0 Å². The van der Waals surface area contributed by atoms with Gasteiger partial charge in [0.05, 0.1) is 12.7 Å². The zero-order valence-corrected chi connectivity index (χ0v) is 16.5. The summed E-state index contributed by atoms with van der Waals surface area (Å²) in [5, 5.41) is 10.3. The Hall–Kier alpha value is -1.66. The normalized spacial score (nSPS) is 18.6. The number of aliphatic hydroxyl groups excluding tert-OH is 1. The second kappa shape index (κ2) is 10.0. The molecule has 27 heavy (non-hydrogen) atoms. The number of morpholine rings is 1. The molecule has 1 saturated heterocycles. The first kappa shape index (κ1) is 21.6. The highest BCUT2D eigenvalue weighted by molar-refractivity contribution is 5.85. The van der Waals surface area contributed by atoms with E-state index in [-0.39, 0.29) is 30.9 Å². The van der Waals surface area contributed by atoms with E-state index in [4.69, 9.17) is 9.47 Å². The van der Waals surface area contributed by atoms with Gasteiger partial charge in [0.1, 0.15) is 24.3 Å². The lowest BCUT2D eigenvalue weighted by Crippen LogP contribution is -2.43. The average molecular weight is 396 g/mol. The van der Waals surface area contributed by atoms with Crippen molar-refractivity contribution in [3.05, 3.63) is 65.0 Å². The predicted molar refractivity (Wildman–Crippen MR) is 106 cm³/mol. The van der Waals surface area contributed by atoms with Crippen molar-refractivity contribution in [3.8, 4) is 5.75 Å². The molecule has 0 aliphatic carbocycles. The van der Waals surface area contributed by atoms with Crippen molar-refractivity contribution in [1.29, 1.82) is 0 Å². The Morgan fingerprint density at radius 3 is 2.81 bits per heavy atom. The number of nitrogens with zero attached hydrogens (tertiary/aromatic N) is 1. The number of hydrogen-bond acceptors (Lipinski definition) is 4. The molecule has 0 aromatic heterocycles. The monoisotopic (exact) mass is 395 g/mol. The van der Waals surface area contributed by atoms with Gasteiger partial charge in [0.25, 0.3) is 0 Å². The van der Waals surface area contributed by atoms with Gasteiger partial charge in [-0.25, -0.2) is 4.39 Å². The molecular weight excluding hydrogens is 369 g/mol. The average Bonchev–Trinajstić information content (AvgIpc) is 2.61. The van der Waals surface area contributed by atoms with Crippen LogP contribution in [-0.2, 0) is 4.74 Å². The molecule has 0 spiro atoms. The van der Waals surface area contributed by atoms with Gasteiger partial charge in [-0.05, 0) is 43.2 Å². The minimum Gasteiger partial charge on any atom is -0.491 e. The summed E-state index contributed by atoms with van der Waals surface area (Å²) in [6.07, 6.45) is -0.770. The molecule has 1 aliphatic rings. The first-order valence-corrected chi connectivity index (χ1v) is 8.99. The van der Waals surface area contributed by atoms with Gasteiger partial charge in [-0.1, -0.05) is 29.8 Å². The molecule has 1 N–H and O–H groups in total. The van der Waals surface area contributed by atoms with Crippen LogP contribution in [-0.4, -0.2) is 49.0 Å². The molecule has 3 rings (SSSR count). The summed E-state index contributed by atoms with van der Waals surface area (Å²) >= 11 is 0. The maximum Gasteiger partial charge on any atom is 0.123 e. The van der Waals surface area contributed by atoms with E-state index in [2.05, 4.69) is 11.0 Å². The maximum absolute atomic E-state index is 13.4. The SMILES string of the molecule is Cc1ccc(OCC(O)CN2CCOC(c3cccc(F)c3)C2)c(C)c1.Cl. The van der Waals surface area contributed by atoms with Crippen molar-refractivity contribution in [2.24, 2.45) is 0 Å².